The molecule has 1 heterocycles. The van der Waals surface area contributed by atoms with Gasteiger partial charge in [0.05, 0.1) is 17.8 Å². The van der Waals surface area contributed by atoms with E-state index in [0.717, 1.165) is 22.0 Å². The Balaban J connectivity index is 2.37. The molecular weight excluding hydrogens is 232 g/mol. The van der Waals surface area contributed by atoms with Crippen LogP contribution in [0.3, 0.4) is 0 Å². The fourth-order valence-electron chi connectivity index (χ4n) is 1.59. The summed E-state index contributed by atoms with van der Waals surface area (Å²) in [6, 6.07) is 7.91. The Kier molecular flexibility index (Phi) is 3.76. The summed E-state index contributed by atoms with van der Waals surface area (Å²) in [6.45, 7) is 2.71. The maximum Gasteiger partial charge on any atom is 0.128 e. The van der Waals surface area contributed by atoms with Crippen molar-refractivity contribution in [3.05, 3.63) is 34.7 Å². The molecule has 17 heavy (non-hydrogen) atoms. The lowest BCUT2D eigenvalue weighted by molar-refractivity contribution is 0.416. The van der Waals surface area contributed by atoms with Crippen LogP contribution in [0.15, 0.2) is 29.6 Å². The van der Waals surface area contributed by atoms with E-state index in [1.807, 2.05) is 24.3 Å². The molecule has 1 aromatic heterocycles. The highest BCUT2D eigenvalue weighted by Gasteiger charge is 2.12. The summed E-state index contributed by atoms with van der Waals surface area (Å²) >= 11 is 1.65. The molecule has 0 radical (unpaired) electrons. The van der Waals surface area contributed by atoms with Gasteiger partial charge in [-0.15, -0.1) is 11.3 Å². The molecule has 2 rings (SSSR count). The summed E-state index contributed by atoms with van der Waals surface area (Å²) in [5.41, 5.74) is 7.64. The minimum Gasteiger partial charge on any atom is -0.496 e. The molecule has 0 saturated heterocycles. The van der Waals surface area contributed by atoms with E-state index in [0.29, 0.717) is 12.5 Å². The number of rotatable bonds is 4. The van der Waals surface area contributed by atoms with Gasteiger partial charge in [-0.3, -0.25) is 0 Å². The zero-order valence-electron chi connectivity index (χ0n) is 10.0. The first-order valence-electron chi connectivity index (χ1n) is 5.55. The normalized spacial score (nSPS) is 12.4. The smallest absolute Gasteiger partial charge is 0.128 e. The standard InChI is InChI=1S/C13H16N2OS/c1-9(7-14)13-15-11(8-17-13)10-5-3-4-6-12(10)16-2/h3-6,8-9H,7,14H2,1-2H3. The first kappa shape index (κ1) is 12.1. The quantitative estimate of drug-likeness (QED) is 0.905. The second-order valence-corrected chi connectivity index (χ2v) is 4.80. The second-order valence-electron chi connectivity index (χ2n) is 3.91. The molecule has 3 nitrogen and oxygen atoms in total. The summed E-state index contributed by atoms with van der Waals surface area (Å²) in [4.78, 5) is 4.62. The number of nitrogens with two attached hydrogens (primary N) is 1. The van der Waals surface area contributed by atoms with Gasteiger partial charge in [0.25, 0.3) is 0 Å². The lowest BCUT2D eigenvalue weighted by Crippen LogP contribution is -2.08. The zero-order chi connectivity index (χ0) is 12.3. The third-order valence-corrected chi connectivity index (χ3v) is 3.76. The van der Waals surface area contributed by atoms with Gasteiger partial charge in [-0.05, 0) is 12.1 Å². The van der Waals surface area contributed by atoms with Gasteiger partial charge in [0.2, 0.25) is 0 Å². The average Bonchev–Trinajstić information content (AvgIpc) is 2.87. The molecule has 1 aromatic carbocycles. The minimum atomic E-state index is 0.309. The molecule has 0 aliphatic carbocycles. The fourth-order valence-corrected chi connectivity index (χ4v) is 2.49. The molecule has 0 saturated carbocycles. The van der Waals surface area contributed by atoms with Gasteiger partial charge in [-0.25, -0.2) is 4.98 Å². The van der Waals surface area contributed by atoms with Gasteiger partial charge in [-0.2, -0.15) is 0 Å². The second kappa shape index (κ2) is 5.29. The van der Waals surface area contributed by atoms with Crippen molar-refractivity contribution in [3.8, 4) is 17.0 Å². The Morgan fingerprint density at radius 3 is 2.88 bits per heavy atom. The fraction of sp³-hybridized carbons (Fsp3) is 0.308. The summed E-state index contributed by atoms with van der Waals surface area (Å²) in [7, 11) is 1.68. The Bertz CT molecular complexity index is 496. The monoisotopic (exact) mass is 248 g/mol. The van der Waals surface area contributed by atoms with Crippen LogP contribution < -0.4 is 10.5 Å². The van der Waals surface area contributed by atoms with E-state index in [1.165, 1.54) is 0 Å². The number of para-hydroxylation sites is 1. The van der Waals surface area contributed by atoms with Crippen LogP contribution in [0.4, 0.5) is 0 Å². The van der Waals surface area contributed by atoms with Crippen molar-refractivity contribution in [3.63, 3.8) is 0 Å². The van der Waals surface area contributed by atoms with Crippen molar-refractivity contribution in [2.75, 3.05) is 13.7 Å². The highest BCUT2D eigenvalue weighted by Crippen LogP contribution is 2.31. The molecule has 90 valence electrons. The Morgan fingerprint density at radius 2 is 2.18 bits per heavy atom. The van der Waals surface area contributed by atoms with Crippen LogP contribution >= 0.6 is 11.3 Å². The highest BCUT2D eigenvalue weighted by atomic mass is 32.1. The van der Waals surface area contributed by atoms with E-state index in [1.54, 1.807) is 18.4 Å². The number of ether oxygens (including phenoxy) is 1. The van der Waals surface area contributed by atoms with E-state index >= 15 is 0 Å². The van der Waals surface area contributed by atoms with Crippen molar-refractivity contribution in [2.45, 2.75) is 12.8 Å². The van der Waals surface area contributed by atoms with Gasteiger partial charge >= 0.3 is 0 Å². The van der Waals surface area contributed by atoms with Crippen LogP contribution in [0.1, 0.15) is 17.8 Å². The van der Waals surface area contributed by atoms with Crippen LogP contribution in [0.25, 0.3) is 11.3 Å². The molecule has 0 fully saturated rings. The minimum absolute atomic E-state index is 0.309. The number of hydrogen-bond acceptors (Lipinski definition) is 4. The summed E-state index contributed by atoms with van der Waals surface area (Å²) in [5.74, 6) is 1.16. The Hall–Kier alpha value is -1.39. The van der Waals surface area contributed by atoms with Gasteiger partial charge in [0.15, 0.2) is 0 Å². The molecule has 4 heteroatoms. The first-order valence-corrected chi connectivity index (χ1v) is 6.43. The topological polar surface area (TPSA) is 48.1 Å². The molecule has 0 bridgehead atoms. The van der Waals surface area contributed by atoms with Gasteiger partial charge in [0, 0.05) is 23.4 Å². The van der Waals surface area contributed by atoms with Gasteiger partial charge in [0.1, 0.15) is 5.75 Å². The van der Waals surface area contributed by atoms with E-state index in [-0.39, 0.29) is 0 Å². The Morgan fingerprint density at radius 1 is 1.41 bits per heavy atom. The van der Waals surface area contributed by atoms with Crippen LogP contribution in [-0.4, -0.2) is 18.6 Å². The predicted molar refractivity (Wildman–Crippen MR) is 71.6 cm³/mol. The third kappa shape index (κ3) is 2.48. The number of aromatic nitrogens is 1. The van der Waals surface area contributed by atoms with Crippen molar-refractivity contribution in [2.24, 2.45) is 5.73 Å². The molecular formula is C13H16N2OS. The maximum atomic E-state index is 5.65. The molecule has 2 aromatic rings. The van der Waals surface area contributed by atoms with E-state index < -0.39 is 0 Å². The molecule has 1 atom stereocenters. The van der Waals surface area contributed by atoms with Crippen LogP contribution in [0.5, 0.6) is 5.75 Å². The van der Waals surface area contributed by atoms with E-state index in [2.05, 4.69) is 17.3 Å². The molecule has 0 aliphatic heterocycles. The van der Waals surface area contributed by atoms with Crippen molar-refractivity contribution in [1.82, 2.24) is 4.98 Å². The predicted octanol–water partition coefficient (Wildman–Crippen LogP) is 2.88. The lowest BCUT2D eigenvalue weighted by Gasteiger charge is -2.05. The van der Waals surface area contributed by atoms with E-state index in [4.69, 9.17) is 10.5 Å². The first-order chi connectivity index (χ1) is 8.26. The molecule has 0 spiro atoms. The summed E-state index contributed by atoms with van der Waals surface area (Å²) < 4.78 is 5.34. The number of nitrogens with zero attached hydrogens (tertiary/aromatic N) is 1. The largest absolute Gasteiger partial charge is 0.496 e. The van der Waals surface area contributed by atoms with Crippen molar-refractivity contribution >= 4 is 11.3 Å². The summed E-state index contributed by atoms with van der Waals surface area (Å²) in [5, 5.41) is 3.13. The van der Waals surface area contributed by atoms with Gasteiger partial charge in [-0.1, -0.05) is 19.1 Å². The number of methoxy groups -OCH3 is 1. The van der Waals surface area contributed by atoms with Crippen LogP contribution in [-0.2, 0) is 0 Å². The highest BCUT2D eigenvalue weighted by molar-refractivity contribution is 7.10. The lowest BCUT2D eigenvalue weighted by atomic mass is 10.1. The van der Waals surface area contributed by atoms with Crippen LogP contribution in [0, 0.1) is 0 Å². The zero-order valence-corrected chi connectivity index (χ0v) is 10.8. The molecule has 0 aliphatic rings. The SMILES string of the molecule is COc1ccccc1-c1csc(C(C)CN)n1. The number of thiazole rings is 1. The molecule has 0 amide bonds. The van der Waals surface area contributed by atoms with Crippen LogP contribution in [0.2, 0.25) is 0 Å². The van der Waals surface area contributed by atoms with E-state index in [9.17, 15) is 0 Å². The van der Waals surface area contributed by atoms with Crippen molar-refractivity contribution < 1.29 is 4.74 Å². The third-order valence-electron chi connectivity index (χ3n) is 2.68. The average molecular weight is 248 g/mol. The molecule has 1 unspecified atom stereocenters. The van der Waals surface area contributed by atoms with Gasteiger partial charge < -0.3 is 10.5 Å². The number of hydrogen-bond donors (Lipinski definition) is 1. The summed E-state index contributed by atoms with van der Waals surface area (Å²) in [6.07, 6.45) is 0. The maximum absolute atomic E-state index is 5.65. The molecule has 2 N–H and O–H groups in total. The number of benzene rings is 1. The Labute approximate surface area is 105 Å². The van der Waals surface area contributed by atoms with Crippen molar-refractivity contribution in [1.29, 1.82) is 0 Å².